The van der Waals surface area contributed by atoms with Gasteiger partial charge in [0.1, 0.15) is 10.7 Å². The van der Waals surface area contributed by atoms with E-state index in [1.807, 2.05) is 6.92 Å². The monoisotopic (exact) mass is 328 g/mol. The van der Waals surface area contributed by atoms with Crippen molar-refractivity contribution >= 4 is 39.2 Å². The third-order valence-electron chi connectivity index (χ3n) is 4.29. The highest BCUT2D eigenvalue weighted by atomic mass is 32.1. The molecule has 1 aliphatic carbocycles. The van der Waals surface area contributed by atoms with Crippen LogP contribution in [0.1, 0.15) is 35.4 Å². The third-order valence-corrected chi connectivity index (χ3v) is 5.43. The van der Waals surface area contributed by atoms with E-state index in [9.17, 15) is 4.79 Å². The Labute approximate surface area is 136 Å². The van der Waals surface area contributed by atoms with Crippen LogP contribution >= 0.6 is 11.3 Å². The molecule has 1 atom stereocenters. The van der Waals surface area contributed by atoms with Gasteiger partial charge in [0.05, 0.1) is 5.39 Å². The average molecular weight is 328 g/mol. The van der Waals surface area contributed by atoms with E-state index in [0.29, 0.717) is 11.7 Å². The molecule has 0 radical (unpaired) electrons. The summed E-state index contributed by atoms with van der Waals surface area (Å²) < 4.78 is 1.72. The smallest absolute Gasteiger partial charge is 0.328 e. The van der Waals surface area contributed by atoms with Gasteiger partial charge in [0.2, 0.25) is 0 Å². The molecule has 23 heavy (non-hydrogen) atoms. The van der Waals surface area contributed by atoms with Crippen LogP contribution < -0.4 is 0 Å². The van der Waals surface area contributed by atoms with Gasteiger partial charge in [-0.25, -0.2) is 14.8 Å². The summed E-state index contributed by atoms with van der Waals surface area (Å²) in [4.78, 5) is 22.3. The molecule has 0 amide bonds. The predicted molar refractivity (Wildman–Crippen MR) is 88.8 cm³/mol. The lowest BCUT2D eigenvalue weighted by atomic mass is 9.89. The Kier molecular flexibility index (Phi) is 3.19. The summed E-state index contributed by atoms with van der Waals surface area (Å²) in [5.74, 6) is 0.862. The maximum Gasteiger partial charge on any atom is 0.328 e. The Morgan fingerprint density at radius 3 is 3.04 bits per heavy atom. The lowest BCUT2D eigenvalue weighted by molar-refractivity contribution is -0.131. The van der Waals surface area contributed by atoms with Crippen LogP contribution in [0.25, 0.3) is 21.9 Å². The maximum absolute atomic E-state index is 10.7. The minimum absolute atomic E-state index is 0.397. The molecular formula is C16H16N4O2S. The van der Waals surface area contributed by atoms with Crippen molar-refractivity contribution in [3.05, 3.63) is 28.2 Å². The van der Waals surface area contributed by atoms with Crippen LogP contribution in [-0.4, -0.2) is 30.7 Å². The number of fused-ring (bicyclic) bond motifs is 5. The number of carboxylic acids is 1. The van der Waals surface area contributed by atoms with Gasteiger partial charge in [0, 0.05) is 11.0 Å². The highest BCUT2D eigenvalue weighted by molar-refractivity contribution is 7.19. The molecule has 3 heterocycles. The van der Waals surface area contributed by atoms with Crippen LogP contribution in [0.4, 0.5) is 0 Å². The molecule has 7 heteroatoms. The van der Waals surface area contributed by atoms with Gasteiger partial charge in [-0.3, -0.25) is 0 Å². The zero-order valence-corrected chi connectivity index (χ0v) is 13.7. The summed E-state index contributed by atoms with van der Waals surface area (Å²) >= 11 is 1.76. The van der Waals surface area contributed by atoms with E-state index in [4.69, 9.17) is 5.11 Å². The molecule has 0 bridgehead atoms. The molecule has 4 rings (SSSR count). The first kappa shape index (κ1) is 14.3. The first-order valence-corrected chi connectivity index (χ1v) is 8.43. The minimum Gasteiger partial charge on any atom is -0.478 e. The number of carbonyl (C=O) groups is 1. The van der Waals surface area contributed by atoms with Crippen molar-refractivity contribution in [2.45, 2.75) is 33.1 Å². The number of carboxylic acid groups (broad SMARTS) is 1. The summed E-state index contributed by atoms with van der Waals surface area (Å²) in [5, 5.41) is 14.2. The van der Waals surface area contributed by atoms with Crippen molar-refractivity contribution in [3.63, 3.8) is 0 Å². The van der Waals surface area contributed by atoms with Crippen LogP contribution in [0.15, 0.2) is 6.08 Å². The molecule has 0 saturated carbocycles. The van der Waals surface area contributed by atoms with Gasteiger partial charge >= 0.3 is 5.97 Å². The van der Waals surface area contributed by atoms with E-state index in [1.165, 1.54) is 22.9 Å². The molecule has 6 nitrogen and oxygen atoms in total. The third kappa shape index (κ3) is 2.31. The van der Waals surface area contributed by atoms with Crippen molar-refractivity contribution in [2.75, 3.05) is 0 Å². The minimum atomic E-state index is -1.01. The molecule has 1 N–H and O–H groups in total. The number of hydrogen-bond acceptors (Lipinski definition) is 5. The van der Waals surface area contributed by atoms with Crippen LogP contribution in [0.3, 0.4) is 0 Å². The molecule has 3 aromatic rings. The number of hydrogen-bond donors (Lipinski definition) is 1. The molecular weight excluding hydrogens is 312 g/mol. The first-order chi connectivity index (χ1) is 11.0. The summed E-state index contributed by atoms with van der Waals surface area (Å²) in [7, 11) is 0. The number of nitrogens with zero attached hydrogens (tertiary/aromatic N) is 4. The molecule has 118 valence electrons. The van der Waals surface area contributed by atoms with Gasteiger partial charge < -0.3 is 5.11 Å². The highest BCUT2D eigenvalue weighted by Crippen LogP contribution is 2.38. The van der Waals surface area contributed by atoms with Crippen molar-refractivity contribution in [1.82, 2.24) is 19.6 Å². The standard InChI is InChI=1S/C16H16N4O2S/c1-8-3-4-10-11(7-8)23-16-14(10)15-18-12(5-6-13(21)22)19-20(15)9(2)17-16/h5-6,8H,3-4,7H2,1-2H3,(H,21,22)/b6-5+/t8-/m1/s1. The largest absolute Gasteiger partial charge is 0.478 e. The van der Waals surface area contributed by atoms with E-state index in [-0.39, 0.29) is 0 Å². The molecule has 0 aliphatic heterocycles. The predicted octanol–water partition coefficient (Wildman–Crippen LogP) is 2.87. The van der Waals surface area contributed by atoms with Gasteiger partial charge in [-0.15, -0.1) is 16.4 Å². The Balaban J connectivity index is 1.97. The Morgan fingerprint density at radius 2 is 2.26 bits per heavy atom. The second-order valence-electron chi connectivity index (χ2n) is 6.07. The Morgan fingerprint density at radius 1 is 1.43 bits per heavy atom. The summed E-state index contributed by atoms with van der Waals surface area (Å²) in [6, 6.07) is 0. The van der Waals surface area contributed by atoms with E-state index in [1.54, 1.807) is 15.9 Å². The van der Waals surface area contributed by atoms with E-state index < -0.39 is 5.97 Å². The van der Waals surface area contributed by atoms with Crippen molar-refractivity contribution in [1.29, 1.82) is 0 Å². The first-order valence-electron chi connectivity index (χ1n) is 7.61. The number of aromatic nitrogens is 4. The Hall–Kier alpha value is -2.28. The fourth-order valence-corrected chi connectivity index (χ4v) is 4.59. The Bertz CT molecular complexity index is 970. The van der Waals surface area contributed by atoms with Gasteiger partial charge in [-0.05, 0) is 43.7 Å². The second-order valence-corrected chi connectivity index (χ2v) is 7.15. The summed E-state index contributed by atoms with van der Waals surface area (Å²) in [6.07, 6.45) is 5.80. The molecule has 0 aromatic carbocycles. The molecule has 0 saturated heterocycles. The van der Waals surface area contributed by atoms with Crippen LogP contribution in [-0.2, 0) is 17.6 Å². The van der Waals surface area contributed by atoms with E-state index >= 15 is 0 Å². The lowest BCUT2D eigenvalue weighted by Crippen LogP contribution is -2.08. The SMILES string of the molecule is Cc1nc2sc3c(c2c2nc(/C=C/C(=O)O)nn12)CC[C@@H](C)C3. The van der Waals surface area contributed by atoms with Gasteiger partial charge in [0.25, 0.3) is 0 Å². The fourth-order valence-electron chi connectivity index (χ4n) is 3.17. The van der Waals surface area contributed by atoms with Crippen molar-refractivity contribution < 1.29 is 9.90 Å². The van der Waals surface area contributed by atoms with Crippen LogP contribution in [0.5, 0.6) is 0 Å². The second kappa shape index (κ2) is 5.13. The lowest BCUT2D eigenvalue weighted by Gasteiger charge is -2.17. The van der Waals surface area contributed by atoms with Crippen LogP contribution in [0.2, 0.25) is 0 Å². The number of thiophene rings is 1. The normalized spacial score (nSPS) is 18.1. The van der Waals surface area contributed by atoms with Gasteiger partial charge in [0.15, 0.2) is 11.5 Å². The number of aliphatic carboxylic acids is 1. The zero-order valence-electron chi connectivity index (χ0n) is 12.9. The number of aryl methyl sites for hydroxylation is 2. The summed E-state index contributed by atoms with van der Waals surface area (Å²) in [5.41, 5.74) is 2.13. The van der Waals surface area contributed by atoms with Crippen molar-refractivity contribution in [3.8, 4) is 0 Å². The summed E-state index contributed by atoms with van der Waals surface area (Å²) in [6.45, 7) is 4.18. The average Bonchev–Trinajstić information content (AvgIpc) is 3.05. The maximum atomic E-state index is 10.7. The quantitative estimate of drug-likeness (QED) is 0.732. The molecule has 3 aromatic heterocycles. The zero-order chi connectivity index (χ0) is 16.1. The highest BCUT2D eigenvalue weighted by Gasteiger charge is 2.24. The van der Waals surface area contributed by atoms with E-state index in [2.05, 4.69) is 22.0 Å². The topological polar surface area (TPSA) is 80.4 Å². The van der Waals surface area contributed by atoms with Gasteiger partial charge in [-0.2, -0.15) is 4.52 Å². The number of rotatable bonds is 2. The molecule has 1 aliphatic rings. The van der Waals surface area contributed by atoms with Crippen molar-refractivity contribution in [2.24, 2.45) is 5.92 Å². The fraction of sp³-hybridized carbons (Fsp3) is 0.375. The molecule has 0 fully saturated rings. The molecule has 0 spiro atoms. The molecule has 0 unspecified atom stereocenters. The van der Waals surface area contributed by atoms with Gasteiger partial charge in [-0.1, -0.05) is 6.92 Å². The van der Waals surface area contributed by atoms with Crippen LogP contribution in [0, 0.1) is 12.8 Å². The van der Waals surface area contributed by atoms with E-state index in [0.717, 1.165) is 40.6 Å².